The molecule has 3 amide bonds. The summed E-state index contributed by atoms with van der Waals surface area (Å²) in [6.45, 7) is 4.65. The number of ether oxygens (including phenoxy) is 4. The number of carbonyl (C=O) groups excluding carboxylic acids is 3. The molecule has 0 aromatic heterocycles. The summed E-state index contributed by atoms with van der Waals surface area (Å²) in [6, 6.07) is 16.7. The van der Waals surface area contributed by atoms with Gasteiger partial charge < -0.3 is 24.3 Å². The van der Waals surface area contributed by atoms with Crippen molar-refractivity contribution in [3.63, 3.8) is 0 Å². The van der Waals surface area contributed by atoms with Crippen LogP contribution in [0.1, 0.15) is 16.7 Å². The maximum Gasteiger partial charge on any atom is 0.294 e. The molecule has 1 fully saturated rings. The fourth-order valence-electron chi connectivity index (χ4n) is 4.38. The fourth-order valence-corrected chi connectivity index (χ4v) is 5.58. The van der Waals surface area contributed by atoms with Gasteiger partial charge in [0.25, 0.3) is 11.1 Å². The summed E-state index contributed by atoms with van der Waals surface area (Å²) in [7, 11) is 1.54. The Kier molecular flexibility index (Phi) is 9.38. The number of nitrogens with one attached hydrogen (secondary N) is 1. The molecule has 1 N–H and O–H groups in total. The molecule has 42 heavy (non-hydrogen) atoms. The molecule has 0 spiro atoms. The van der Waals surface area contributed by atoms with Crippen LogP contribution in [-0.4, -0.2) is 48.8 Å². The van der Waals surface area contributed by atoms with E-state index in [0.29, 0.717) is 60.5 Å². The van der Waals surface area contributed by atoms with E-state index in [1.807, 2.05) is 30.3 Å². The molecule has 0 atom stereocenters. The van der Waals surface area contributed by atoms with Crippen molar-refractivity contribution in [2.24, 2.45) is 0 Å². The van der Waals surface area contributed by atoms with Gasteiger partial charge in [-0.15, -0.1) is 6.58 Å². The number of amides is 3. The van der Waals surface area contributed by atoms with Gasteiger partial charge in [-0.05, 0) is 94.4 Å². The molecule has 11 heteroatoms. The maximum atomic E-state index is 13.1. The largest absolute Gasteiger partial charge is 0.493 e. The predicted molar refractivity (Wildman–Crippen MR) is 169 cm³/mol. The Bertz CT molecular complexity index is 1570. The number of halogens is 1. The molecule has 0 radical (unpaired) electrons. The Morgan fingerprint density at radius 2 is 1.86 bits per heavy atom. The van der Waals surface area contributed by atoms with E-state index in [4.69, 9.17) is 18.9 Å². The third-order valence-electron chi connectivity index (χ3n) is 6.33. The molecule has 0 bridgehead atoms. The van der Waals surface area contributed by atoms with Gasteiger partial charge in [-0.3, -0.25) is 19.3 Å². The van der Waals surface area contributed by atoms with Crippen molar-refractivity contribution in [2.75, 3.05) is 32.2 Å². The highest BCUT2D eigenvalue weighted by molar-refractivity contribution is 14.1. The number of allylic oxidation sites excluding steroid dienone is 1. The van der Waals surface area contributed by atoms with Gasteiger partial charge in [0.15, 0.2) is 23.0 Å². The Balaban J connectivity index is 1.30. The van der Waals surface area contributed by atoms with Gasteiger partial charge in [-0.1, -0.05) is 18.2 Å². The van der Waals surface area contributed by atoms with Crippen LogP contribution < -0.4 is 24.3 Å². The molecule has 0 aliphatic carbocycles. The van der Waals surface area contributed by atoms with E-state index in [0.717, 1.165) is 31.4 Å². The van der Waals surface area contributed by atoms with Crippen LogP contribution >= 0.6 is 34.4 Å². The number of benzene rings is 3. The third kappa shape index (κ3) is 6.90. The number of fused-ring (bicyclic) bond motifs is 1. The van der Waals surface area contributed by atoms with Crippen molar-refractivity contribution in [1.82, 2.24) is 4.90 Å². The van der Waals surface area contributed by atoms with E-state index >= 15 is 0 Å². The van der Waals surface area contributed by atoms with E-state index in [1.165, 1.54) is 0 Å². The third-order valence-corrected chi connectivity index (χ3v) is 7.96. The Morgan fingerprint density at radius 3 is 2.60 bits per heavy atom. The quantitative estimate of drug-likeness (QED) is 0.155. The van der Waals surface area contributed by atoms with Crippen LogP contribution in [0.3, 0.4) is 0 Å². The molecule has 9 nitrogen and oxygen atoms in total. The SMILES string of the molecule is C=CCc1cc(/C=C2\SC(=O)N(CC(=O)Nc3ccc4c(c3)OCCO4)C2=O)cc(OC)c1OCc1ccc(I)cc1. The van der Waals surface area contributed by atoms with Crippen molar-refractivity contribution in [2.45, 2.75) is 13.0 Å². The number of methoxy groups -OCH3 is 1. The first kappa shape index (κ1) is 29.5. The van der Waals surface area contributed by atoms with Crippen molar-refractivity contribution < 1.29 is 33.3 Å². The van der Waals surface area contributed by atoms with Crippen molar-refractivity contribution in [3.8, 4) is 23.0 Å². The lowest BCUT2D eigenvalue weighted by Gasteiger charge is -2.19. The number of rotatable bonds is 10. The van der Waals surface area contributed by atoms with E-state index in [2.05, 4.69) is 34.5 Å². The second-order valence-electron chi connectivity index (χ2n) is 9.29. The zero-order chi connectivity index (χ0) is 29.6. The summed E-state index contributed by atoms with van der Waals surface area (Å²) < 4.78 is 23.9. The predicted octanol–water partition coefficient (Wildman–Crippen LogP) is 6.05. The number of hydrogen-bond acceptors (Lipinski definition) is 8. The Morgan fingerprint density at radius 1 is 1.10 bits per heavy atom. The van der Waals surface area contributed by atoms with Gasteiger partial charge in [0.1, 0.15) is 26.4 Å². The summed E-state index contributed by atoms with van der Waals surface area (Å²) in [5.74, 6) is 1.12. The normalized spacial score (nSPS) is 15.1. The molecule has 5 rings (SSSR count). The lowest BCUT2D eigenvalue weighted by atomic mass is 10.0. The average molecular weight is 699 g/mol. The summed E-state index contributed by atoms with van der Waals surface area (Å²) in [5.41, 5.74) is 2.95. The summed E-state index contributed by atoms with van der Waals surface area (Å²) in [6.07, 6.45) is 3.87. The topological polar surface area (TPSA) is 103 Å². The average Bonchev–Trinajstić information content (AvgIpc) is 3.24. The van der Waals surface area contributed by atoms with E-state index in [-0.39, 0.29) is 4.91 Å². The minimum atomic E-state index is -0.550. The molecule has 0 saturated carbocycles. The van der Waals surface area contributed by atoms with E-state index in [1.54, 1.807) is 43.5 Å². The molecular formula is C31H27IN2O7S. The second-order valence-corrected chi connectivity index (χ2v) is 11.5. The van der Waals surface area contributed by atoms with Crippen LogP contribution in [0.5, 0.6) is 23.0 Å². The van der Waals surface area contributed by atoms with Crippen molar-refractivity contribution >= 4 is 63.2 Å². The smallest absolute Gasteiger partial charge is 0.294 e. The Hall–Kier alpha value is -3.97. The van der Waals surface area contributed by atoms with Crippen LogP contribution in [0, 0.1) is 3.57 Å². The molecule has 3 aromatic rings. The highest BCUT2D eigenvalue weighted by atomic mass is 127. The Labute approximate surface area is 261 Å². The number of hydrogen-bond donors (Lipinski definition) is 1. The maximum absolute atomic E-state index is 13.1. The fraction of sp³-hybridized carbons (Fsp3) is 0.194. The van der Waals surface area contributed by atoms with Gasteiger partial charge >= 0.3 is 0 Å². The monoisotopic (exact) mass is 698 g/mol. The van der Waals surface area contributed by atoms with Gasteiger partial charge in [-0.2, -0.15) is 0 Å². The number of thioether (sulfide) groups is 1. The number of imide groups is 1. The molecular weight excluding hydrogens is 671 g/mol. The van der Waals surface area contributed by atoms with Crippen molar-refractivity contribution in [3.05, 3.63) is 92.4 Å². The minimum Gasteiger partial charge on any atom is -0.493 e. The van der Waals surface area contributed by atoms with Crippen LogP contribution in [-0.2, 0) is 22.6 Å². The van der Waals surface area contributed by atoms with Gasteiger partial charge in [-0.25, -0.2) is 0 Å². The number of nitrogens with zero attached hydrogens (tertiary/aromatic N) is 1. The van der Waals surface area contributed by atoms with Crippen LogP contribution in [0.25, 0.3) is 6.08 Å². The second kappa shape index (κ2) is 13.3. The van der Waals surface area contributed by atoms with Gasteiger partial charge in [0, 0.05) is 20.9 Å². The molecule has 2 aliphatic rings. The number of carbonyl (C=O) groups is 3. The van der Waals surface area contributed by atoms with E-state index < -0.39 is 23.6 Å². The summed E-state index contributed by atoms with van der Waals surface area (Å²) in [5, 5.41) is 2.18. The van der Waals surface area contributed by atoms with E-state index in [9.17, 15) is 14.4 Å². The first-order valence-electron chi connectivity index (χ1n) is 13.0. The minimum absolute atomic E-state index is 0.200. The van der Waals surface area contributed by atoms with Crippen molar-refractivity contribution in [1.29, 1.82) is 0 Å². The zero-order valence-electron chi connectivity index (χ0n) is 22.7. The molecule has 1 saturated heterocycles. The highest BCUT2D eigenvalue weighted by Crippen LogP contribution is 2.38. The highest BCUT2D eigenvalue weighted by Gasteiger charge is 2.36. The number of anilines is 1. The standard InChI is InChI=1S/C31H27IN2O7S/c1-3-4-21-13-20(14-26(38-2)29(21)41-18-19-5-7-22(32)8-6-19)15-27-30(36)34(31(37)42-27)17-28(35)33-23-9-10-24-25(16-23)40-12-11-39-24/h3,5-10,13-16H,1,4,11-12,17-18H2,2H3,(H,33,35)/b27-15-. The lowest BCUT2D eigenvalue weighted by molar-refractivity contribution is -0.127. The van der Waals surface area contributed by atoms with Crippen LogP contribution in [0.4, 0.5) is 10.5 Å². The first-order valence-corrected chi connectivity index (χ1v) is 14.9. The molecule has 0 unspecified atom stereocenters. The van der Waals surface area contributed by atoms with Gasteiger partial charge in [0.2, 0.25) is 5.91 Å². The summed E-state index contributed by atoms with van der Waals surface area (Å²) >= 11 is 3.03. The first-order chi connectivity index (χ1) is 20.3. The zero-order valence-corrected chi connectivity index (χ0v) is 25.7. The van der Waals surface area contributed by atoms with Crippen LogP contribution in [0.2, 0.25) is 0 Å². The molecule has 216 valence electrons. The van der Waals surface area contributed by atoms with Crippen LogP contribution in [0.15, 0.2) is 72.2 Å². The lowest BCUT2D eigenvalue weighted by Crippen LogP contribution is -2.36. The molecule has 2 aliphatic heterocycles. The van der Waals surface area contributed by atoms with Gasteiger partial charge in [0.05, 0.1) is 12.0 Å². The summed E-state index contributed by atoms with van der Waals surface area (Å²) in [4.78, 5) is 39.7. The molecule has 2 heterocycles. The molecule has 3 aromatic carbocycles.